The van der Waals surface area contributed by atoms with E-state index in [0.717, 1.165) is 0 Å². The maximum atomic E-state index is 10.9. The number of H-pyrrole nitrogens is 1. The highest BCUT2D eigenvalue weighted by molar-refractivity contribution is 5.99. The van der Waals surface area contributed by atoms with Crippen LogP contribution in [0.25, 0.3) is 10.9 Å². The topological polar surface area (TPSA) is 115 Å². The van der Waals surface area contributed by atoms with E-state index in [1.54, 1.807) is 6.07 Å². The lowest BCUT2D eigenvalue weighted by Crippen LogP contribution is -2.12. The molecule has 2 aromatic rings. The van der Waals surface area contributed by atoms with Crippen LogP contribution in [-0.4, -0.2) is 21.8 Å². The van der Waals surface area contributed by atoms with Gasteiger partial charge in [-0.05, 0) is 12.1 Å². The number of pyridine rings is 1. The van der Waals surface area contributed by atoms with E-state index in [-0.39, 0.29) is 11.4 Å². The Morgan fingerprint density at radius 1 is 1.20 bits per heavy atom. The van der Waals surface area contributed by atoms with Gasteiger partial charge in [-0.2, -0.15) is 0 Å². The van der Waals surface area contributed by atoms with E-state index in [9.17, 15) is 9.59 Å². The van der Waals surface area contributed by atoms with Crippen molar-refractivity contribution < 1.29 is 9.59 Å². The van der Waals surface area contributed by atoms with E-state index in [1.807, 2.05) is 0 Å². The molecular weight excluding hydrogens is 196 g/mol. The monoisotopic (exact) mass is 204 g/mol. The fraction of sp³-hybridized carbons (Fsp3) is 0. The van der Waals surface area contributed by atoms with Gasteiger partial charge in [-0.25, -0.2) is 4.98 Å². The summed E-state index contributed by atoms with van der Waals surface area (Å²) in [7, 11) is 0. The average Bonchev–Trinajstić information content (AvgIpc) is 2.59. The molecule has 0 aliphatic carbocycles. The zero-order chi connectivity index (χ0) is 11.0. The zero-order valence-electron chi connectivity index (χ0n) is 7.65. The zero-order valence-corrected chi connectivity index (χ0v) is 7.65. The number of fused-ring (bicyclic) bond motifs is 1. The van der Waals surface area contributed by atoms with Crippen LogP contribution in [0.3, 0.4) is 0 Å². The van der Waals surface area contributed by atoms with Gasteiger partial charge in [0.1, 0.15) is 11.4 Å². The quantitative estimate of drug-likeness (QED) is 0.626. The molecule has 0 saturated carbocycles. The van der Waals surface area contributed by atoms with Crippen molar-refractivity contribution in [3.63, 3.8) is 0 Å². The van der Waals surface area contributed by atoms with Gasteiger partial charge in [-0.1, -0.05) is 0 Å². The average molecular weight is 204 g/mol. The van der Waals surface area contributed by atoms with E-state index in [0.29, 0.717) is 10.9 Å². The number of carbonyl (C=O) groups excluding carboxylic acids is 2. The molecule has 0 bridgehead atoms. The van der Waals surface area contributed by atoms with Crippen molar-refractivity contribution in [1.82, 2.24) is 9.97 Å². The van der Waals surface area contributed by atoms with Gasteiger partial charge in [0.2, 0.25) is 0 Å². The number of carbonyl (C=O) groups is 2. The molecule has 2 amide bonds. The van der Waals surface area contributed by atoms with Crippen LogP contribution in [0.4, 0.5) is 0 Å². The summed E-state index contributed by atoms with van der Waals surface area (Å²) in [6.07, 6.45) is 1.43. The third kappa shape index (κ3) is 1.52. The molecule has 0 saturated heterocycles. The Morgan fingerprint density at radius 3 is 2.53 bits per heavy atom. The first-order valence-electron chi connectivity index (χ1n) is 4.16. The highest BCUT2D eigenvalue weighted by atomic mass is 16.1. The third-order valence-electron chi connectivity index (χ3n) is 2.02. The summed E-state index contributed by atoms with van der Waals surface area (Å²) in [5.74, 6) is -1.18. The SMILES string of the molecule is NC(=O)c1cc2cc(C(N)=O)[nH]c2cn1. The number of aromatic nitrogens is 2. The molecule has 6 nitrogen and oxygen atoms in total. The molecule has 5 N–H and O–H groups in total. The van der Waals surface area contributed by atoms with E-state index in [2.05, 4.69) is 9.97 Å². The van der Waals surface area contributed by atoms with Crippen molar-refractivity contribution in [2.45, 2.75) is 0 Å². The second kappa shape index (κ2) is 3.09. The summed E-state index contributed by atoms with van der Waals surface area (Å²) in [4.78, 5) is 28.3. The standard InChI is InChI=1S/C9H8N4O2/c10-8(14)5-1-4-2-6(9(11)15)13-7(4)3-12-5/h1-3,13H,(H2,10,14)(H2,11,15). The minimum atomic E-state index is -0.612. The number of nitrogens with two attached hydrogens (primary N) is 2. The van der Waals surface area contributed by atoms with Crippen molar-refractivity contribution in [3.8, 4) is 0 Å². The van der Waals surface area contributed by atoms with Crippen molar-refractivity contribution in [2.24, 2.45) is 11.5 Å². The van der Waals surface area contributed by atoms with Crippen molar-refractivity contribution >= 4 is 22.7 Å². The van der Waals surface area contributed by atoms with Crippen LogP contribution in [0.5, 0.6) is 0 Å². The van der Waals surface area contributed by atoms with Gasteiger partial charge < -0.3 is 16.5 Å². The van der Waals surface area contributed by atoms with Crippen LogP contribution in [0.1, 0.15) is 21.0 Å². The molecule has 0 unspecified atom stereocenters. The summed E-state index contributed by atoms with van der Waals surface area (Å²) >= 11 is 0. The molecular formula is C9H8N4O2. The van der Waals surface area contributed by atoms with Gasteiger partial charge >= 0.3 is 0 Å². The van der Waals surface area contributed by atoms with Gasteiger partial charge in [-0.15, -0.1) is 0 Å². The smallest absolute Gasteiger partial charge is 0.267 e. The first-order chi connectivity index (χ1) is 7.08. The van der Waals surface area contributed by atoms with Crippen LogP contribution in [0, 0.1) is 0 Å². The van der Waals surface area contributed by atoms with E-state index in [1.165, 1.54) is 12.3 Å². The molecule has 0 spiro atoms. The number of primary amides is 2. The number of hydrogen-bond acceptors (Lipinski definition) is 3. The predicted molar refractivity (Wildman–Crippen MR) is 53.1 cm³/mol. The van der Waals surface area contributed by atoms with E-state index in [4.69, 9.17) is 11.5 Å². The number of rotatable bonds is 2. The Balaban J connectivity index is 2.62. The molecule has 0 radical (unpaired) electrons. The highest BCUT2D eigenvalue weighted by Gasteiger charge is 2.08. The Hall–Kier alpha value is -2.37. The Labute approximate surface area is 84.3 Å². The summed E-state index contributed by atoms with van der Waals surface area (Å²) in [6, 6.07) is 3.05. The van der Waals surface area contributed by atoms with Crippen LogP contribution < -0.4 is 11.5 Å². The molecule has 15 heavy (non-hydrogen) atoms. The Kier molecular flexibility index (Phi) is 1.89. The fourth-order valence-electron chi connectivity index (χ4n) is 1.30. The van der Waals surface area contributed by atoms with E-state index >= 15 is 0 Å². The second-order valence-corrected chi connectivity index (χ2v) is 3.07. The molecule has 0 aliphatic heterocycles. The fourth-order valence-corrected chi connectivity index (χ4v) is 1.30. The maximum Gasteiger partial charge on any atom is 0.267 e. The molecule has 76 valence electrons. The van der Waals surface area contributed by atoms with Gasteiger partial charge in [0.15, 0.2) is 0 Å². The normalized spacial score (nSPS) is 10.4. The van der Waals surface area contributed by atoms with E-state index < -0.39 is 11.8 Å². The number of amides is 2. The number of aromatic amines is 1. The lowest BCUT2D eigenvalue weighted by molar-refractivity contribution is 0.0988. The van der Waals surface area contributed by atoms with Gasteiger partial charge in [0.05, 0.1) is 11.7 Å². The number of nitrogens with one attached hydrogen (secondary N) is 1. The molecule has 2 aromatic heterocycles. The van der Waals surface area contributed by atoms with Crippen molar-refractivity contribution in [1.29, 1.82) is 0 Å². The summed E-state index contributed by atoms with van der Waals surface area (Å²) in [5, 5.41) is 0.674. The predicted octanol–water partition coefficient (Wildman–Crippen LogP) is -0.239. The van der Waals surface area contributed by atoms with Gasteiger partial charge in [0, 0.05) is 5.39 Å². The second-order valence-electron chi connectivity index (χ2n) is 3.07. The first-order valence-corrected chi connectivity index (χ1v) is 4.16. The van der Waals surface area contributed by atoms with Crippen molar-refractivity contribution in [3.05, 3.63) is 29.7 Å². The third-order valence-corrected chi connectivity index (χ3v) is 2.02. The molecule has 0 aromatic carbocycles. The lowest BCUT2D eigenvalue weighted by atomic mass is 10.2. The van der Waals surface area contributed by atoms with Crippen LogP contribution in [-0.2, 0) is 0 Å². The van der Waals surface area contributed by atoms with Gasteiger partial charge in [0.25, 0.3) is 11.8 Å². The summed E-state index contributed by atoms with van der Waals surface area (Å²) in [5.41, 5.74) is 11.2. The Bertz CT molecular complexity index is 546. The lowest BCUT2D eigenvalue weighted by Gasteiger charge is -1.93. The number of hydrogen-bond donors (Lipinski definition) is 3. The molecule has 2 rings (SSSR count). The molecule has 6 heteroatoms. The van der Waals surface area contributed by atoms with Crippen LogP contribution in [0.15, 0.2) is 18.3 Å². The van der Waals surface area contributed by atoms with Crippen LogP contribution in [0.2, 0.25) is 0 Å². The highest BCUT2D eigenvalue weighted by Crippen LogP contribution is 2.14. The first kappa shape index (κ1) is 9.20. The van der Waals surface area contributed by atoms with Crippen LogP contribution >= 0.6 is 0 Å². The summed E-state index contributed by atoms with van der Waals surface area (Å²) < 4.78 is 0. The maximum absolute atomic E-state index is 10.9. The molecule has 0 aliphatic rings. The Morgan fingerprint density at radius 2 is 1.93 bits per heavy atom. The molecule has 2 heterocycles. The summed E-state index contributed by atoms with van der Waals surface area (Å²) in [6.45, 7) is 0. The van der Waals surface area contributed by atoms with Gasteiger partial charge in [-0.3, -0.25) is 9.59 Å². The van der Waals surface area contributed by atoms with Crippen molar-refractivity contribution in [2.75, 3.05) is 0 Å². The largest absolute Gasteiger partial charge is 0.364 e. The minimum absolute atomic E-state index is 0.150. The molecule has 0 atom stereocenters. The molecule has 0 fully saturated rings. The minimum Gasteiger partial charge on any atom is -0.364 e. The number of nitrogens with zero attached hydrogens (tertiary/aromatic N) is 1.